The lowest BCUT2D eigenvalue weighted by Gasteiger charge is -2.08. The molecule has 0 saturated heterocycles. The van der Waals surface area contributed by atoms with Gasteiger partial charge >= 0.3 is 0 Å². The van der Waals surface area contributed by atoms with Gasteiger partial charge in [0.05, 0.1) is 12.1 Å². The van der Waals surface area contributed by atoms with Crippen LogP contribution in [0, 0.1) is 5.92 Å². The zero-order valence-electron chi connectivity index (χ0n) is 8.82. The number of hydrogen-bond acceptors (Lipinski definition) is 2. The van der Waals surface area contributed by atoms with E-state index in [1.54, 1.807) is 6.20 Å². The minimum absolute atomic E-state index is 0.773. The predicted octanol–water partition coefficient (Wildman–Crippen LogP) is 3.79. The molecule has 1 fully saturated rings. The first-order chi connectivity index (χ1) is 7.83. The second-order valence-corrected chi connectivity index (χ2v) is 5.14. The fourth-order valence-corrected chi connectivity index (χ4v) is 2.07. The number of aromatic nitrogens is 1. The second kappa shape index (κ2) is 4.06. The Hall–Kier alpha value is -1.09. The Morgan fingerprint density at radius 3 is 3.00 bits per heavy atom. The van der Waals surface area contributed by atoms with E-state index in [1.807, 2.05) is 18.2 Å². The fourth-order valence-electron chi connectivity index (χ4n) is 1.71. The molecule has 1 aromatic heterocycles. The smallest absolute Gasteiger partial charge is 0.130 e. The minimum atomic E-state index is 0.773. The summed E-state index contributed by atoms with van der Waals surface area (Å²) in [4.78, 5) is 4.32. The van der Waals surface area contributed by atoms with Crippen LogP contribution in [-0.2, 0) is 0 Å². The quantitative estimate of drug-likeness (QED) is 0.852. The van der Waals surface area contributed by atoms with Gasteiger partial charge in [0, 0.05) is 16.1 Å². The molecule has 0 N–H and O–H groups in total. The summed E-state index contributed by atoms with van der Waals surface area (Å²) >= 11 is 3.48. The summed E-state index contributed by atoms with van der Waals surface area (Å²) in [6.45, 7) is 0.839. The molecular formula is C13H12BrNO. The molecule has 1 aliphatic carbocycles. The number of halogens is 1. The topological polar surface area (TPSA) is 22.1 Å². The van der Waals surface area contributed by atoms with Crippen LogP contribution in [0.25, 0.3) is 10.9 Å². The van der Waals surface area contributed by atoms with E-state index in [0.717, 1.165) is 33.6 Å². The maximum absolute atomic E-state index is 5.84. The Morgan fingerprint density at radius 2 is 2.19 bits per heavy atom. The highest BCUT2D eigenvalue weighted by molar-refractivity contribution is 9.10. The van der Waals surface area contributed by atoms with Crippen LogP contribution in [0.4, 0.5) is 0 Å². The fraction of sp³-hybridized carbons (Fsp3) is 0.308. The van der Waals surface area contributed by atoms with Crippen molar-refractivity contribution in [1.82, 2.24) is 4.98 Å². The first kappa shape index (κ1) is 10.1. The van der Waals surface area contributed by atoms with E-state index in [1.165, 1.54) is 12.8 Å². The highest BCUT2D eigenvalue weighted by atomic mass is 79.9. The van der Waals surface area contributed by atoms with Gasteiger partial charge in [0.15, 0.2) is 0 Å². The van der Waals surface area contributed by atoms with E-state index < -0.39 is 0 Å². The third kappa shape index (κ3) is 2.05. The molecule has 0 unspecified atom stereocenters. The van der Waals surface area contributed by atoms with E-state index in [9.17, 15) is 0 Å². The molecule has 0 bridgehead atoms. The zero-order valence-corrected chi connectivity index (χ0v) is 10.4. The van der Waals surface area contributed by atoms with Crippen molar-refractivity contribution in [3.05, 3.63) is 34.9 Å². The van der Waals surface area contributed by atoms with Crippen LogP contribution in [0.3, 0.4) is 0 Å². The van der Waals surface area contributed by atoms with E-state index in [-0.39, 0.29) is 0 Å². The van der Waals surface area contributed by atoms with Crippen molar-refractivity contribution >= 4 is 26.8 Å². The molecule has 0 spiro atoms. The highest BCUT2D eigenvalue weighted by Crippen LogP contribution is 2.32. The van der Waals surface area contributed by atoms with Crippen LogP contribution in [0.5, 0.6) is 5.75 Å². The zero-order chi connectivity index (χ0) is 11.0. The molecule has 3 rings (SSSR count). The van der Waals surface area contributed by atoms with Crippen LogP contribution >= 0.6 is 15.9 Å². The first-order valence-corrected chi connectivity index (χ1v) is 6.29. The monoisotopic (exact) mass is 277 g/mol. The summed E-state index contributed by atoms with van der Waals surface area (Å²) in [5.74, 6) is 1.72. The Balaban J connectivity index is 1.97. The molecule has 82 valence electrons. The molecular weight excluding hydrogens is 266 g/mol. The lowest BCUT2D eigenvalue weighted by atomic mass is 10.2. The average Bonchev–Trinajstić information content (AvgIpc) is 3.10. The van der Waals surface area contributed by atoms with E-state index in [2.05, 4.69) is 27.0 Å². The lowest BCUT2D eigenvalue weighted by Crippen LogP contribution is -1.99. The van der Waals surface area contributed by atoms with Crippen molar-refractivity contribution < 1.29 is 4.74 Å². The van der Waals surface area contributed by atoms with Crippen molar-refractivity contribution in [3.63, 3.8) is 0 Å². The van der Waals surface area contributed by atoms with Crippen molar-refractivity contribution in [2.75, 3.05) is 6.61 Å². The minimum Gasteiger partial charge on any atom is -0.493 e. The predicted molar refractivity (Wildman–Crippen MR) is 67.7 cm³/mol. The van der Waals surface area contributed by atoms with Gasteiger partial charge in [0.2, 0.25) is 0 Å². The van der Waals surface area contributed by atoms with Crippen molar-refractivity contribution in [2.24, 2.45) is 5.92 Å². The third-order valence-electron chi connectivity index (χ3n) is 2.84. The number of hydrogen-bond donors (Lipinski definition) is 0. The van der Waals surface area contributed by atoms with E-state index in [4.69, 9.17) is 4.74 Å². The Morgan fingerprint density at radius 1 is 1.31 bits per heavy atom. The number of ether oxygens (including phenoxy) is 1. The molecule has 16 heavy (non-hydrogen) atoms. The van der Waals surface area contributed by atoms with Crippen molar-refractivity contribution in [3.8, 4) is 5.75 Å². The summed E-state index contributed by atoms with van der Waals surface area (Å²) in [5.41, 5.74) is 0.983. The van der Waals surface area contributed by atoms with Gasteiger partial charge in [-0.25, -0.2) is 0 Å². The third-order valence-corrected chi connectivity index (χ3v) is 3.33. The SMILES string of the molecule is Brc1ccc2nccc(OCC3CC3)c2c1. The summed E-state index contributed by atoms with van der Waals surface area (Å²) in [6.07, 6.45) is 4.43. The second-order valence-electron chi connectivity index (χ2n) is 4.22. The normalized spacial score (nSPS) is 15.3. The van der Waals surface area contributed by atoms with Gasteiger partial charge in [-0.1, -0.05) is 15.9 Å². The molecule has 1 saturated carbocycles. The number of benzene rings is 1. The largest absolute Gasteiger partial charge is 0.493 e. The van der Waals surface area contributed by atoms with Crippen LogP contribution in [0.1, 0.15) is 12.8 Å². The number of nitrogens with zero attached hydrogens (tertiary/aromatic N) is 1. The van der Waals surface area contributed by atoms with Crippen LogP contribution < -0.4 is 4.74 Å². The average molecular weight is 278 g/mol. The molecule has 0 amide bonds. The number of rotatable bonds is 3. The molecule has 1 aromatic carbocycles. The van der Waals surface area contributed by atoms with Gasteiger partial charge in [0.25, 0.3) is 0 Å². The van der Waals surface area contributed by atoms with Gasteiger partial charge in [-0.15, -0.1) is 0 Å². The van der Waals surface area contributed by atoms with Crippen molar-refractivity contribution in [2.45, 2.75) is 12.8 Å². The van der Waals surface area contributed by atoms with Crippen molar-refractivity contribution in [1.29, 1.82) is 0 Å². The van der Waals surface area contributed by atoms with Crippen LogP contribution in [0.2, 0.25) is 0 Å². The Labute approximate surface area is 103 Å². The molecule has 2 nitrogen and oxygen atoms in total. The van der Waals surface area contributed by atoms with Gasteiger partial charge in [0.1, 0.15) is 5.75 Å². The van der Waals surface area contributed by atoms with E-state index in [0.29, 0.717) is 0 Å². The Bertz CT molecular complexity index is 522. The maximum Gasteiger partial charge on any atom is 0.130 e. The molecule has 1 heterocycles. The Kier molecular flexibility index (Phi) is 2.56. The number of pyridine rings is 1. The standard InChI is InChI=1S/C13H12BrNO/c14-10-3-4-12-11(7-10)13(5-6-15-12)16-8-9-1-2-9/h3-7,9H,1-2,8H2. The molecule has 0 atom stereocenters. The lowest BCUT2D eigenvalue weighted by molar-refractivity contribution is 0.303. The van der Waals surface area contributed by atoms with Gasteiger partial charge in [-0.2, -0.15) is 0 Å². The number of fused-ring (bicyclic) bond motifs is 1. The van der Waals surface area contributed by atoms with Gasteiger partial charge in [-0.3, -0.25) is 4.98 Å². The van der Waals surface area contributed by atoms with Gasteiger partial charge < -0.3 is 4.74 Å². The molecule has 0 radical (unpaired) electrons. The van der Waals surface area contributed by atoms with E-state index >= 15 is 0 Å². The van der Waals surface area contributed by atoms with Crippen LogP contribution in [0.15, 0.2) is 34.9 Å². The molecule has 0 aliphatic heterocycles. The highest BCUT2D eigenvalue weighted by Gasteiger charge is 2.22. The molecule has 2 aromatic rings. The maximum atomic E-state index is 5.84. The first-order valence-electron chi connectivity index (χ1n) is 5.50. The summed E-state index contributed by atoms with van der Waals surface area (Å²) in [6, 6.07) is 8.01. The molecule has 3 heteroatoms. The molecule has 1 aliphatic rings. The van der Waals surface area contributed by atoms with Gasteiger partial charge in [-0.05, 0) is 43.0 Å². The summed E-state index contributed by atoms with van der Waals surface area (Å²) < 4.78 is 6.90. The summed E-state index contributed by atoms with van der Waals surface area (Å²) in [5, 5.41) is 1.08. The van der Waals surface area contributed by atoms with Crippen LogP contribution in [-0.4, -0.2) is 11.6 Å². The summed E-state index contributed by atoms with van der Waals surface area (Å²) in [7, 11) is 0.